The van der Waals surface area contributed by atoms with Gasteiger partial charge in [0, 0.05) is 5.56 Å². The number of nitrogens with one attached hydrogen (secondary N) is 1. The lowest BCUT2D eigenvalue weighted by Gasteiger charge is -2.25. The van der Waals surface area contributed by atoms with Crippen LogP contribution >= 0.6 is 0 Å². The number of aromatic nitrogens is 4. The second-order valence-electron chi connectivity index (χ2n) is 5.46. The molecule has 0 aliphatic carbocycles. The van der Waals surface area contributed by atoms with Gasteiger partial charge in [0.05, 0.1) is 14.2 Å². The molecule has 1 aliphatic rings. The number of hydrogen-bond donors (Lipinski definition) is 1. The Kier molecular flexibility index (Phi) is 4.18. The van der Waals surface area contributed by atoms with Gasteiger partial charge in [0.1, 0.15) is 0 Å². The Balaban J connectivity index is 1.64. The number of rotatable bonds is 6. The molecule has 4 rings (SSSR count). The number of tetrazole rings is 1. The monoisotopic (exact) mass is 354 g/mol. The third kappa shape index (κ3) is 2.94. The summed E-state index contributed by atoms with van der Waals surface area (Å²) in [5, 5.41) is 18.8. The van der Waals surface area contributed by atoms with Gasteiger partial charge in [-0.3, -0.25) is 0 Å². The van der Waals surface area contributed by atoms with Crippen LogP contribution in [0.15, 0.2) is 30.3 Å². The number of methoxy groups -OCH3 is 2. The highest BCUT2D eigenvalue weighted by Crippen LogP contribution is 2.42. The zero-order valence-corrected chi connectivity index (χ0v) is 14.2. The summed E-state index contributed by atoms with van der Waals surface area (Å²) in [4.78, 5) is 0. The first-order valence-corrected chi connectivity index (χ1v) is 7.84. The van der Waals surface area contributed by atoms with Crippen molar-refractivity contribution in [1.82, 2.24) is 20.6 Å². The topological polar surface area (TPSA) is 105 Å². The lowest BCUT2D eigenvalue weighted by atomic mass is 10.1. The molecule has 26 heavy (non-hydrogen) atoms. The molecule has 3 aromatic rings. The molecular formula is C17H16N5O4-. The Labute approximate surface area is 149 Å². The summed E-state index contributed by atoms with van der Waals surface area (Å²) in [7, 11) is 3.15. The van der Waals surface area contributed by atoms with Crippen LogP contribution in [0.4, 0.5) is 5.69 Å². The average molecular weight is 354 g/mol. The first kappa shape index (κ1) is 16.0. The van der Waals surface area contributed by atoms with Crippen molar-refractivity contribution in [2.45, 2.75) is 6.54 Å². The van der Waals surface area contributed by atoms with Crippen LogP contribution in [0.5, 0.6) is 23.0 Å². The molecule has 134 valence electrons. The summed E-state index contributed by atoms with van der Waals surface area (Å²) in [5.74, 6) is 3.03. The SMILES string of the molecule is COc1cc([N-]Cc2ccc3c(c2)OCO3)c(-c2nn[nH]n2)cc1OC. The number of hydrogen-bond acceptors (Lipinski definition) is 7. The maximum absolute atomic E-state index is 5.41. The summed E-state index contributed by atoms with van der Waals surface area (Å²) in [6.07, 6.45) is 0. The quantitative estimate of drug-likeness (QED) is 0.725. The predicted molar refractivity (Wildman–Crippen MR) is 92.0 cm³/mol. The first-order chi connectivity index (χ1) is 12.8. The zero-order valence-electron chi connectivity index (χ0n) is 14.2. The van der Waals surface area contributed by atoms with E-state index < -0.39 is 0 Å². The summed E-state index contributed by atoms with van der Waals surface area (Å²) >= 11 is 0. The third-order valence-electron chi connectivity index (χ3n) is 3.96. The van der Waals surface area contributed by atoms with Crippen molar-refractivity contribution in [1.29, 1.82) is 0 Å². The fourth-order valence-electron chi connectivity index (χ4n) is 2.67. The van der Waals surface area contributed by atoms with Crippen LogP contribution in [0.1, 0.15) is 5.56 Å². The van der Waals surface area contributed by atoms with Crippen LogP contribution in [-0.4, -0.2) is 41.6 Å². The molecule has 2 heterocycles. The molecule has 0 saturated carbocycles. The van der Waals surface area contributed by atoms with Crippen LogP contribution in [0.3, 0.4) is 0 Å². The fourth-order valence-corrected chi connectivity index (χ4v) is 2.67. The van der Waals surface area contributed by atoms with E-state index in [1.54, 1.807) is 26.4 Å². The van der Waals surface area contributed by atoms with Gasteiger partial charge in [-0.15, -0.1) is 22.4 Å². The van der Waals surface area contributed by atoms with E-state index in [0.29, 0.717) is 35.1 Å². The molecule has 1 aromatic heterocycles. The Morgan fingerprint density at radius 2 is 1.88 bits per heavy atom. The fraction of sp³-hybridized carbons (Fsp3) is 0.235. The Bertz CT molecular complexity index is 914. The van der Waals surface area contributed by atoms with Crippen molar-refractivity contribution < 1.29 is 18.9 Å². The van der Waals surface area contributed by atoms with E-state index in [4.69, 9.17) is 18.9 Å². The van der Waals surface area contributed by atoms with Gasteiger partial charge < -0.3 is 24.3 Å². The molecule has 9 nitrogen and oxygen atoms in total. The van der Waals surface area contributed by atoms with Gasteiger partial charge in [-0.05, 0) is 29.5 Å². The number of nitrogens with zero attached hydrogens (tertiary/aromatic N) is 4. The molecule has 1 N–H and O–H groups in total. The van der Waals surface area contributed by atoms with Crippen LogP contribution in [0.2, 0.25) is 0 Å². The zero-order chi connectivity index (χ0) is 17.9. The standard InChI is InChI=1S/C17H16N5O4/c1-23-14-6-11(17-19-21-22-20-17)12(7-15(14)24-2)18-8-10-3-4-13-16(5-10)26-9-25-13/h3-7H,8-9H2,1-2H3,(H,19,20,21,22)/q-1. The van der Waals surface area contributed by atoms with Gasteiger partial charge in [0.25, 0.3) is 0 Å². The van der Waals surface area contributed by atoms with Crippen LogP contribution in [0, 0.1) is 0 Å². The Hall–Kier alpha value is -3.49. The van der Waals surface area contributed by atoms with Crippen molar-refractivity contribution in [3.8, 4) is 34.4 Å². The molecule has 0 spiro atoms. The van der Waals surface area contributed by atoms with Crippen LogP contribution < -0.4 is 18.9 Å². The second-order valence-corrected chi connectivity index (χ2v) is 5.46. The van der Waals surface area contributed by atoms with E-state index >= 15 is 0 Å². The lowest BCUT2D eigenvalue weighted by molar-refractivity contribution is 0.174. The summed E-state index contributed by atoms with van der Waals surface area (Å²) in [6.45, 7) is 0.685. The molecule has 0 saturated heterocycles. The molecule has 2 aromatic carbocycles. The largest absolute Gasteiger partial charge is 0.680 e. The van der Waals surface area contributed by atoms with Crippen molar-refractivity contribution in [2.75, 3.05) is 21.0 Å². The molecule has 9 heteroatoms. The van der Waals surface area contributed by atoms with Crippen molar-refractivity contribution in [3.05, 3.63) is 41.2 Å². The van der Waals surface area contributed by atoms with Crippen molar-refractivity contribution >= 4 is 5.69 Å². The molecule has 0 atom stereocenters. The van der Waals surface area contributed by atoms with Gasteiger partial charge in [0.2, 0.25) is 12.6 Å². The van der Waals surface area contributed by atoms with E-state index in [2.05, 4.69) is 25.9 Å². The van der Waals surface area contributed by atoms with E-state index in [0.717, 1.165) is 17.1 Å². The first-order valence-electron chi connectivity index (χ1n) is 7.84. The number of benzene rings is 2. The minimum atomic E-state index is 0.244. The van der Waals surface area contributed by atoms with Crippen molar-refractivity contribution in [2.24, 2.45) is 0 Å². The number of ether oxygens (including phenoxy) is 4. The second kappa shape index (κ2) is 6.79. The highest BCUT2D eigenvalue weighted by molar-refractivity contribution is 5.79. The third-order valence-corrected chi connectivity index (χ3v) is 3.96. The minimum absolute atomic E-state index is 0.244. The molecule has 0 radical (unpaired) electrons. The van der Waals surface area contributed by atoms with E-state index in [9.17, 15) is 0 Å². The molecule has 0 unspecified atom stereocenters. The molecular weight excluding hydrogens is 338 g/mol. The molecule has 0 bridgehead atoms. The van der Waals surface area contributed by atoms with Gasteiger partial charge in [-0.2, -0.15) is 5.21 Å². The molecule has 0 amide bonds. The highest BCUT2D eigenvalue weighted by atomic mass is 16.7. The predicted octanol–water partition coefficient (Wildman–Crippen LogP) is 2.82. The van der Waals surface area contributed by atoms with Crippen molar-refractivity contribution in [3.63, 3.8) is 0 Å². The molecule has 0 fully saturated rings. The number of fused-ring (bicyclic) bond motifs is 1. The smallest absolute Gasteiger partial charge is 0.231 e. The summed E-state index contributed by atoms with van der Waals surface area (Å²) in [6, 6.07) is 9.31. The minimum Gasteiger partial charge on any atom is -0.680 e. The van der Waals surface area contributed by atoms with Crippen LogP contribution in [0.25, 0.3) is 16.7 Å². The van der Waals surface area contributed by atoms with E-state index in [1.807, 2.05) is 18.2 Å². The summed E-state index contributed by atoms with van der Waals surface area (Å²) in [5.41, 5.74) is 2.35. The number of aromatic amines is 1. The Morgan fingerprint density at radius 3 is 2.65 bits per heavy atom. The van der Waals surface area contributed by atoms with Crippen LogP contribution in [-0.2, 0) is 6.54 Å². The van der Waals surface area contributed by atoms with Gasteiger partial charge in [-0.25, -0.2) is 0 Å². The summed E-state index contributed by atoms with van der Waals surface area (Å²) < 4.78 is 21.5. The maximum atomic E-state index is 5.41. The maximum Gasteiger partial charge on any atom is 0.231 e. The molecule has 1 aliphatic heterocycles. The lowest BCUT2D eigenvalue weighted by Crippen LogP contribution is -1.94. The normalized spacial score (nSPS) is 12.1. The van der Waals surface area contributed by atoms with Gasteiger partial charge >= 0.3 is 0 Å². The highest BCUT2D eigenvalue weighted by Gasteiger charge is 2.13. The Morgan fingerprint density at radius 1 is 1.08 bits per heavy atom. The average Bonchev–Trinajstić information content (AvgIpc) is 3.36. The van der Waals surface area contributed by atoms with E-state index in [1.165, 1.54) is 0 Å². The number of H-pyrrole nitrogens is 1. The van der Waals surface area contributed by atoms with E-state index in [-0.39, 0.29) is 6.79 Å². The van der Waals surface area contributed by atoms with Gasteiger partial charge in [-0.1, -0.05) is 11.6 Å². The van der Waals surface area contributed by atoms with Gasteiger partial charge in [0.15, 0.2) is 23.0 Å².